The molecular formula is C17H17FN2O2. The van der Waals surface area contributed by atoms with E-state index in [1.807, 2.05) is 12.1 Å². The van der Waals surface area contributed by atoms with Crippen molar-refractivity contribution in [3.05, 3.63) is 65.7 Å². The second-order valence-electron chi connectivity index (χ2n) is 4.92. The lowest BCUT2D eigenvalue weighted by molar-refractivity contribution is -0.121. The minimum atomic E-state index is -0.369. The molecule has 0 aliphatic carbocycles. The highest BCUT2D eigenvalue weighted by molar-refractivity contribution is 5.96. The number of rotatable bonds is 7. The molecule has 2 aromatic rings. The molecule has 0 atom stereocenters. The van der Waals surface area contributed by atoms with Gasteiger partial charge in [-0.3, -0.25) is 14.6 Å². The Labute approximate surface area is 128 Å². The number of Topliss-reactive ketones (excluding diaryl/α,β-unsaturated/α-hetero) is 1. The van der Waals surface area contributed by atoms with Gasteiger partial charge in [-0.2, -0.15) is 0 Å². The van der Waals surface area contributed by atoms with Gasteiger partial charge in [0, 0.05) is 37.3 Å². The number of ketones is 1. The highest BCUT2D eigenvalue weighted by atomic mass is 19.1. The third-order valence-electron chi connectivity index (χ3n) is 3.19. The van der Waals surface area contributed by atoms with Crippen molar-refractivity contribution in [3.8, 4) is 0 Å². The Balaban J connectivity index is 1.68. The van der Waals surface area contributed by atoms with Crippen molar-refractivity contribution in [1.82, 2.24) is 10.3 Å². The van der Waals surface area contributed by atoms with Crippen molar-refractivity contribution in [2.45, 2.75) is 25.8 Å². The average Bonchev–Trinajstić information content (AvgIpc) is 2.54. The highest BCUT2D eigenvalue weighted by Gasteiger charge is 2.08. The molecule has 1 heterocycles. The lowest BCUT2D eigenvalue weighted by atomic mass is 10.1. The number of halogens is 1. The number of carbonyl (C=O) groups is 2. The van der Waals surface area contributed by atoms with Gasteiger partial charge in [-0.25, -0.2) is 4.39 Å². The Bertz CT molecular complexity index is 627. The number of benzene rings is 1. The van der Waals surface area contributed by atoms with Crippen molar-refractivity contribution >= 4 is 11.7 Å². The molecule has 22 heavy (non-hydrogen) atoms. The SMILES string of the molecule is O=C(CCCC(=O)c1ccc(F)cc1)NCc1cccnc1. The fourth-order valence-corrected chi connectivity index (χ4v) is 1.98. The van der Waals surface area contributed by atoms with Gasteiger partial charge in [-0.15, -0.1) is 0 Å². The van der Waals surface area contributed by atoms with E-state index in [0.29, 0.717) is 18.5 Å². The quantitative estimate of drug-likeness (QED) is 0.800. The van der Waals surface area contributed by atoms with Crippen molar-refractivity contribution in [3.63, 3.8) is 0 Å². The fraction of sp³-hybridized carbons (Fsp3) is 0.235. The number of amides is 1. The number of pyridine rings is 1. The third-order valence-corrected chi connectivity index (χ3v) is 3.19. The normalized spacial score (nSPS) is 10.2. The summed E-state index contributed by atoms with van der Waals surface area (Å²) in [5, 5.41) is 2.78. The maximum atomic E-state index is 12.8. The molecule has 114 valence electrons. The molecule has 0 saturated heterocycles. The highest BCUT2D eigenvalue weighted by Crippen LogP contribution is 2.08. The van der Waals surface area contributed by atoms with Crippen LogP contribution in [-0.2, 0) is 11.3 Å². The smallest absolute Gasteiger partial charge is 0.220 e. The molecule has 5 heteroatoms. The number of hydrogen-bond donors (Lipinski definition) is 1. The van der Waals surface area contributed by atoms with Crippen LogP contribution in [0.15, 0.2) is 48.8 Å². The van der Waals surface area contributed by atoms with Crippen LogP contribution >= 0.6 is 0 Å². The molecule has 1 amide bonds. The molecule has 2 rings (SSSR count). The summed E-state index contributed by atoms with van der Waals surface area (Å²) in [7, 11) is 0. The van der Waals surface area contributed by atoms with Gasteiger partial charge in [-0.05, 0) is 42.3 Å². The summed E-state index contributed by atoms with van der Waals surface area (Å²) in [6.07, 6.45) is 4.39. The first-order valence-electron chi connectivity index (χ1n) is 7.09. The van der Waals surface area contributed by atoms with Gasteiger partial charge in [0.25, 0.3) is 0 Å². The Hall–Kier alpha value is -2.56. The first-order valence-corrected chi connectivity index (χ1v) is 7.09. The molecule has 1 N–H and O–H groups in total. The standard InChI is InChI=1S/C17H17FN2O2/c18-15-8-6-14(7-9-15)16(21)4-1-5-17(22)20-12-13-3-2-10-19-11-13/h2-3,6-11H,1,4-5,12H2,(H,20,22). The Morgan fingerprint density at radius 3 is 2.55 bits per heavy atom. The summed E-state index contributed by atoms with van der Waals surface area (Å²) in [4.78, 5) is 27.5. The Kier molecular flexibility index (Phi) is 5.77. The van der Waals surface area contributed by atoms with E-state index < -0.39 is 0 Å². The van der Waals surface area contributed by atoms with E-state index in [2.05, 4.69) is 10.3 Å². The average molecular weight is 300 g/mol. The van der Waals surface area contributed by atoms with Crippen molar-refractivity contribution in [1.29, 1.82) is 0 Å². The van der Waals surface area contributed by atoms with Crippen LogP contribution < -0.4 is 5.32 Å². The molecule has 0 aliphatic heterocycles. The monoisotopic (exact) mass is 300 g/mol. The molecular weight excluding hydrogens is 283 g/mol. The summed E-state index contributed by atoms with van der Waals surface area (Å²) >= 11 is 0. The van der Waals surface area contributed by atoms with Gasteiger partial charge in [0.15, 0.2) is 5.78 Å². The van der Waals surface area contributed by atoms with Crippen LogP contribution in [-0.4, -0.2) is 16.7 Å². The van der Waals surface area contributed by atoms with Gasteiger partial charge in [0.05, 0.1) is 0 Å². The minimum absolute atomic E-state index is 0.0833. The predicted molar refractivity (Wildman–Crippen MR) is 80.7 cm³/mol. The predicted octanol–water partition coefficient (Wildman–Crippen LogP) is 2.89. The number of aromatic nitrogens is 1. The van der Waals surface area contributed by atoms with Gasteiger partial charge in [0.1, 0.15) is 5.82 Å². The van der Waals surface area contributed by atoms with Crippen LogP contribution in [0, 0.1) is 5.82 Å². The number of hydrogen-bond acceptors (Lipinski definition) is 3. The molecule has 0 radical (unpaired) electrons. The number of carbonyl (C=O) groups excluding carboxylic acids is 2. The van der Waals surface area contributed by atoms with E-state index in [0.717, 1.165) is 5.56 Å². The van der Waals surface area contributed by atoms with Gasteiger partial charge in [0.2, 0.25) is 5.91 Å². The molecule has 0 aliphatic rings. The first kappa shape index (κ1) is 15.8. The maximum absolute atomic E-state index is 12.8. The van der Waals surface area contributed by atoms with Crippen LogP contribution in [0.4, 0.5) is 4.39 Å². The fourth-order valence-electron chi connectivity index (χ4n) is 1.98. The molecule has 4 nitrogen and oxygen atoms in total. The second kappa shape index (κ2) is 8.02. The first-order chi connectivity index (χ1) is 10.6. The summed E-state index contributed by atoms with van der Waals surface area (Å²) in [6.45, 7) is 0.429. The molecule has 0 bridgehead atoms. The van der Waals surface area contributed by atoms with Crippen molar-refractivity contribution < 1.29 is 14.0 Å². The number of nitrogens with zero attached hydrogens (tertiary/aromatic N) is 1. The van der Waals surface area contributed by atoms with E-state index in [1.54, 1.807) is 12.4 Å². The lowest BCUT2D eigenvalue weighted by Crippen LogP contribution is -2.22. The summed E-state index contributed by atoms with van der Waals surface area (Å²) in [5.74, 6) is -0.554. The third kappa shape index (κ3) is 5.09. The van der Waals surface area contributed by atoms with E-state index in [-0.39, 0.29) is 30.3 Å². The zero-order chi connectivity index (χ0) is 15.8. The number of nitrogens with one attached hydrogen (secondary N) is 1. The maximum Gasteiger partial charge on any atom is 0.220 e. The van der Waals surface area contributed by atoms with E-state index in [1.165, 1.54) is 24.3 Å². The van der Waals surface area contributed by atoms with Gasteiger partial charge >= 0.3 is 0 Å². The van der Waals surface area contributed by atoms with Crippen LogP contribution in [0.3, 0.4) is 0 Å². The van der Waals surface area contributed by atoms with Crippen LogP contribution in [0.2, 0.25) is 0 Å². The van der Waals surface area contributed by atoms with Crippen molar-refractivity contribution in [2.24, 2.45) is 0 Å². The van der Waals surface area contributed by atoms with Crippen LogP contribution in [0.5, 0.6) is 0 Å². The lowest BCUT2D eigenvalue weighted by Gasteiger charge is -2.05. The summed E-state index contributed by atoms with van der Waals surface area (Å²) in [6, 6.07) is 9.12. The molecule has 0 saturated carbocycles. The zero-order valence-electron chi connectivity index (χ0n) is 12.1. The molecule has 0 spiro atoms. The molecule has 1 aromatic carbocycles. The van der Waals surface area contributed by atoms with Gasteiger partial charge in [-0.1, -0.05) is 6.07 Å². The van der Waals surface area contributed by atoms with E-state index >= 15 is 0 Å². The largest absolute Gasteiger partial charge is 0.352 e. The Morgan fingerprint density at radius 1 is 1.09 bits per heavy atom. The second-order valence-corrected chi connectivity index (χ2v) is 4.92. The molecule has 0 fully saturated rings. The summed E-state index contributed by atoms with van der Waals surface area (Å²) < 4.78 is 12.8. The Morgan fingerprint density at radius 2 is 1.86 bits per heavy atom. The minimum Gasteiger partial charge on any atom is -0.352 e. The van der Waals surface area contributed by atoms with Crippen LogP contribution in [0.25, 0.3) is 0 Å². The van der Waals surface area contributed by atoms with E-state index in [9.17, 15) is 14.0 Å². The van der Waals surface area contributed by atoms with E-state index in [4.69, 9.17) is 0 Å². The zero-order valence-corrected chi connectivity index (χ0v) is 12.1. The van der Waals surface area contributed by atoms with Crippen molar-refractivity contribution in [2.75, 3.05) is 0 Å². The topological polar surface area (TPSA) is 59.1 Å². The van der Waals surface area contributed by atoms with Crippen LogP contribution in [0.1, 0.15) is 35.2 Å². The summed E-state index contributed by atoms with van der Waals surface area (Å²) in [5.41, 5.74) is 1.40. The van der Waals surface area contributed by atoms with Gasteiger partial charge < -0.3 is 5.32 Å². The molecule has 0 unspecified atom stereocenters. The molecule has 1 aromatic heterocycles.